The van der Waals surface area contributed by atoms with Gasteiger partial charge in [0.15, 0.2) is 0 Å². The molecule has 1 atom stereocenters. The predicted molar refractivity (Wildman–Crippen MR) is 75.3 cm³/mol. The topological polar surface area (TPSA) is 50.4 Å². The molecule has 104 valence electrons. The summed E-state index contributed by atoms with van der Waals surface area (Å²) in [5, 5.41) is 6.22. The van der Waals surface area contributed by atoms with Crippen molar-refractivity contribution in [2.24, 2.45) is 5.92 Å². The highest BCUT2D eigenvalue weighted by Gasteiger charge is 2.22. The lowest BCUT2D eigenvalue weighted by atomic mass is 10.0. The number of amides is 1. The lowest BCUT2D eigenvalue weighted by Gasteiger charge is -2.15. The average molecular weight is 262 g/mol. The average Bonchev–Trinajstić information content (AvgIpc) is 2.89. The van der Waals surface area contributed by atoms with Gasteiger partial charge in [-0.25, -0.2) is 0 Å². The van der Waals surface area contributed by atoms with Crippen LogP contribution in [0.2, 0.25) is 0 Å². The number of carbonyl (C=O) groups excluding carboxylic acids is 1. The molecule has 0 aliphatic carbocycles. The Bertz CT molecular complexity index is 465. The van der Waals surface area contributed by atoms with E-state index in [1.807, 2.05) is 6.92 Å². The molecule has 1 aromatic carbocycles. The van der Waals surface area contributed by atoms with Gasteiger partial charge in [0, 0.05) is 18.7 Å². The van der Waals surface area contributed by atoms with Gasteiger partial charge in [-0.2, -0.15) is 0 Å². The number of nitrogens with one attached hydrogen (secondary N) is 2. The molecule has 0 bridgehead atoms. The second-order valence-corrected chi connectivity index (χ2v) is 5.18. The monoisotopic (exact) mass is 262 g/mol. The fraction of sp³-hybridized carbons (Fsp3) is 0.533. The minimum atomic E-state index is 0.108. The molecule has 4 heteroatoms. The molecule has 1 aliphatic rings. The maximum atomic E-state index is 12.0. The van der Waals surface area contributed by atoms with Crippen LogP contribution < -0.4 is 15.4 Å². The van der Waals surface area contributed by atoms with Gasteiger partial charge in [0.1, 0.15) is 5.75 Å². The van der Waals surface area contributed by atoms with Gasteiger partial charge in [-0.1, -0.05) is 17.7 Å². The van der Waals surface area contributed by atoms with E-state index in [-0.39, 0.29) is 11.8 Å². The molecule has 1 unspecified atom stereocenters. The highest BCUT2D eigenvalue weighted by atomic mass is 16.5. The van der Waals surface area contributed by atoms with Crippen molar-refractivity contribution in [1.29, 1.82) is 0 Å². The Morgan fingerprint density at radius 1 is 1.47 bits per heavy atom. The van der Waals surface area contributed by atoms with E-state index in [2.05, 4.69) is 29.7 Å². The van der Waals surface area contributed by atoms with E-state index >= 15 is 0 Å². The molecule has 0 radical (unpaired) electrons. The van der Waals surface area contributed by atoms with Gasteiger partial charge < -0.3 is 15.4 Å². The second-order valence-electron chi connectivity index (χ2n) is 5.18. The first-order valence-corrected chi connectivity index (χ1v) is 6.74. The van der Waals surface area contributed by atoms with E-state index in [9.17, 15) is 4.79 Å². The summed E-state index contributed by atoms with van der Waals surface area (Å²) in [7, 11) is 1.67. The molecule has 1 aliphatic heterocycles. The molecule has 0 aromatic heterocycles. The minimum Gasteiger partial charge on any atom is -0.496 e. The predicted octanol–water partition coefficient (Wildman–Crippen LogP) is 1.54. The van der Waals surface area contributed by atoms with Crippen LogP contribution >= 0.6 is 0 Å². The van der Waals surface area contributed by atoms with Crippen molar-refractivity contribution in [2.45, 2.75) is 26.8 Å². The number of rotatable bonds is 4. The first-order valence-electron chi connectivity index (χ1n) is 6.74. The summed E-state index contributed by atoms with van der Waals surface area (Å²) in [5.74, 6) is 1.11. The van der Waals surface area contributed by atoms with Crippen LogP contribution in [0.4, 0.5) is 0 Å². The number of carbonyl (C=O) groups is 1. The van der Waals surface area contributed by atoms with Gasteiger partial charge in [0.2, 0.25) is 5.91 Å². The van der Waals surface area contributed by atoms with Gasteiger partial charge in [-0.3, -0.25) is 4.79 Å². The summed E-state index contributed by atoms with van der Waals surface area (Å²) >= 11 is 0. The van der Waals surface area contributed by atoms with Crippen molar-refractivity contribution < 1.29 is 9.53 Å². The van der Waals surface area contributed by atoms with E-state index in [4.69, 9.17) is 4.74 Å². The second kappa shape index (κ2) is 6.06. The summed E-state index contributed by atoms with van der Waals surface area (Å²) in [4.78, 5) is 12.0. The van der Waals surface area contributed by atoms with Crippen LogP contribution in [0.5, 0.6) is 5.75 Å². The quantitative estimate of drug-likeness (QED) is 0.865. The first kappa shape index (κ1) is 13.9. The van der Waals surface area contributed by atoms with E-state index < -0.39 is 0 Å². The van der Waals surface area contributed by atoms with Gasteiger partial charge in [0.05, 0.1) is 13.0 Å². The summed E-state index contributed by atoms with van der Waals surface area (Å²) < 4.78 is 5.43. The standard InChI is InChI=1S/C15H22N2O2/c1-10-6-11(2)14(19-3)13(7-10)9-17-15(18)12-4-5-16-8-12/h6-7,12,16H,4-5,8-9H2,1-3H3,(H,17,18). The highest BCUT2D eigenvalue weighted by Crippen LogP contribution is 2.25. The molecule has 19 heavy (non-hydrogen) atoms. The number of methoxy groups -OCH3 is 1. The Hall–Kier alpha value is -1.55. The van der Waals surface area contributed by atoms with Gasteiger partial charge in [-0.15, -0.1) is 0 Å². The minimum absolute atomic E-state index is 0.108. The van der Waals surface area contributed by atoms with Crippen molar-refractivity contribution >= 4 is 5.91 Å². The smallest absolute Gasteiger partial charge is 0.224 e. The van der Waals surface area contributed by atoms with Crippen molar-refractivity contribution in [2.75, 3.05) is 20.2 Å². The lowest BCUT2D eigenvalue weighted by molar-refractivity contribution is -0.124. The maximum Gasteiger partial charge on any atom is 0.224 e. The number of hydrogen-bond donors (Lipinski definition) is 2. The number of hydrogen-bond acceptors (Lipinski definition) is 3. The Labute approximate surface area is 114 Å². The molecular formula is C15H22N2O2. The molecule has 0 saturated carbocycles. The fourth-order valence-electron chi connectivity index (χ4n) is 2.67. The zero-order chi connectivity index (χ0) is 13.8. The fourth-order valence-corrected chi connectivity index (χ4v) is 2.67. The molecule has 1 amide bonds. The van der Waals surface area contributed by atoms with Crippen LogP contribution in [0, 0.1) is 19.8 Å². The van der Waals surface area contributed by atoms with E-state index in [0.717, 1.165) is 36.4 Å². The Balaban J connectivity index is 2.04. The Kier molecular flexibility index (Phi) is 4.43. The van der Waals surface area contributed by atoms with Crippen LogP contribution in [0.1, 0.15) is 23.1 Å². The van der Waals surface area contributed by atoms with Crippen molar-refractivity contribution in [3.63, 3.8) is 0 Å². The van der Waals surface area contributed by atoms with E-state index in [0.29, 0.717) is 6.54 Å². The Morgan fingerprint density at radius 2 is 2.26 bits per heavy atom. The molecule has 1 heterocycles. The van der Waals surface area contributed by atoms with Gasteiger partial charge in [-0.05, 0) is 32.4 Å². The third-order valence-corrected chi connectivity index (χ3v) is 3.58. The highest BCUT2D eigenvalue weighted by molar-refractivity contribution is 5.79. The SMILES string of the molecule is COc1c(C)cc(C)cc1CNC(=O)C1CCNC1. The molecule has 0 spiro atoms. The zero-order valence-electron chi connectivity index (χ0n) is 11.9. The number of aryl methyl sites for hydroxylation is 2. The molecule has 1 saturated heterocycles. The molecule has 2 N–H and O–H groups in total. The molecule has 1 fully saturated rings. The van der Waals surface area contributed by atoms with Crippen LogP contribution in [0.15, 0.2) is 12.1 Å². The van der Waals surface area contributed by atoms with Gasteiger partial charge in [0.25, 0.3) is 0 Å². The summed E-state index contributed by atoms with van der Waals surface area (Å²) in [6, 6.07) is 4.16. The van der Waals surface area contributed by atoms with Crippen LogP contribution in [0.25, 0.3) is 0 Å². The van der Waals surface area contributed by atoms with Crippen LogP contribution in [-0.2, 0) is 11.3 Å². The van der Waals surface area contributed by atoms with Crippen molar-refractivity contribution in [3.8, 4) is 5.75 Å². The molecular weight excluding hydrogens is 240 g/mol. The third kappa shape index (κ3) is 3.26. The number of ether oxygens (including phenoxy) is 1. The molecule has 2 rings (SSSR count). The van der Waals surface area contributed by atoms with Crippen LogP contribution in [-0.4, -0.2) is 26.1 Å². The molecule has 1 aromatic rings. The maximum absolute atomic E-state index is 12.0. The first-order chi connectivity index (χ1) is 9.11. The normalized spacial score (nSPS) is 18.4. The van der Waals surface area contributed by atoms with Gasteiger partial charge >= 0.3 is 0 Å². The number of benzene rings is 1. The summed E-state index contributed by atoms with van der Waals surface area (Å²) in [5.41, 5.74) is 3.33. The molecule has 4 nitrogen and oxygen atoms in total. The van der Waals surface area contributed by atoms with E-state index in [1.54, 1.807) is 7.11 Å². The van der Waals surface area contributed by atoms with E-state index in [1.165, 1.54) is 5.56 Å². The Morgan fingerprint density at radius 3 is 2.89 bits per heavy atom. The largest absolute Gasteiger partial charge is 0.496 e. The van der Waals surface area contributed by atoms with Crippen molar-refractivity contribution in [3.05, 3.63) is 28.8 Å². The van der Waals surface area contributed by atoms with Crippen molar-refractivity contribution in [1.82, 2.24) is 10.6 Å². The summed E-state index contributed by atoms with van der Waals surface area (Å²) in [6.07, 6.45) is 0.926. The third-order valence-electron chi connectivity index (χ3n) is 3.58. The zero-order valence-corrected chi connectivity index (χ0v) is 11.9. The van der Waals surface area contributed by atoms with Crippen LogP contribution in [0.3, 0.4) is 0 Å². The summed E-state index contributed by atoms with van der Waals surface area (Å²) in [6.45, 7) is 6.33. The lowest BCUT2D eigenvalue weighted by Crippen LogP contribution is -2.31.